The zero-order chi connectivity index (χ0) is 36.3. The minimum atomic E-state index is -4.11. The third kappa shape index (κ3) is 7.32. The zero-order valence-electron chi connectivity index (χ0n) is 29.8. The van der Waals surface area contributed by atoms with Crippen LogP contribution in [0.1, 0.15) is 90.9 Å². The van der Waals surface area contributed by atoms with Gasteiger partial charge in [0.25, 0.3) is 21.8 Å². The number of aryl methyl sites for hydroxylation is 1. The molecule has 0 unspecified atom stereocenters. The lowest BCUT2D eigenvalue weighted by atomic mass is 9.96. The van der Waals surface area contributed by atoms with Crippen molar-refractivity contribution in [3.8, 4) is 16.9 Å². The Morgan fingerprint density at radius 1 is 1.10 bits per heavy atom. The predicted molar refractivity (Wildman–Crippen MR) is 199 cm³/mol. The van der Waals surface area contributed by atoms with Gasteiger partial charge in [0.15, 0.2) is 5.82 Å². The topological polar surface area (TPSA) is 134 Å². The molecule has 11 nitrogen and oxygen atoms in total. The van der Waals surface area contributed by atoms with Crippen molar-refractivity contribution in [2.75, 3.05) is 18.4 Å². The van der Waals surface area contributed by atoms with Crippen molar-refractivity contribution in [3.05, 3.63) is 81.2 Å². The van der Waals surface area contributed by atoms with Gasteiger partial charge >= 0.3 is 0 Å². The van der Waals surface area contributed by atoms with Gasteiger partial charge in [-0.2, -0.15) is 0 Å². The molecular formula is C38H45N5O6S2. The second-order valence-corrected chi connectivity index (χ2v) is 15.8. The van der Waals surface area contributed by atoms with Gasteiger partial charge < -0.3 is 14.2 Å². The summed E-state index contributed by atoms with van der Waals surface area (Å²) < 4.78 is 41.3. The van der Waals surface area contributed by atoms with Gasteiger partial charge in [-0.15, -0.1) is 11.3 Å². The Morgan fingerprint density at radius 2 is 1.86 bits per heavy atom. The molecule has 1 N–H and O–H groups in total. The summed E-state index contributed by atoms with van der Waals surface area (Å²) >= 11 is 1.31. The average Bonchev–Trinajstić information content (AvgIpc) is 3.91. The van der Waals surface area contributed by atoms with Gasteiger partial charge in [-0.05, 0) is 74.2 Å². The first-order valence-electron chi connectivity index (χ1n) is 17.5. The van der Waals surface area contributed by atoms with Crippen LogP contribution in [0.2, 0.25) is 0 Å². The van der Waals surface area contributed by atoms with Crippen LogP contribution in [-0.2, 0) is 27.9 Å². The highest BCUT2D eigenvalue weighted by atomic mass is 32.2. The Balaban J connectivity index is 1.39. The molecule has 1 aliphatic heterocycles. The van der Waals surface area contributed by atoms with Crippen LogP contribution < -0.4 is 9.46 Å². The molecule has 1 spiro atoms. The first kappa shape index (κ1) is 36.3. The lowest BCUT2D eigenvalue weighted by Gasteiger charge is -2.24. The van der Waals surface area contributed by atoms with Crippen molar-refractivity contribution in [1.82, 2.24) is 15.0 Å². The molecule has 2 aromatic heterocycles. The highest BCUT2D eigenvalue weighted by Gasteiger charge is 2.49. The van der Waals surface area contributed by atoms with E-state index in [0.29, 0.717) is 46.2 Å². The number of sulfonamides is 1. The number of rotatable bonds is 14. The lowest BCUT2D eigenvalue weighted by molar-refractivity contribution is -0.131. The van der Waals surface area contributed by atoms with Crippen LogP contribution in [0, 0.1) is 13.8 Å². The monoisotopic (exact) mass is 731 g/mol. The third-order valence-corrected chi connectivity index (χ3v) is 12.0. The van der Waals surface area contributed by atoms with Crippen molar-refractivity contribution in [1.29, 1.82) is 0 Å². The summed E-state index contributed by atoms with van der Waals surface area (Å²) in [5, 5.41) is 5.73. The fraction of sp³-hybridized carbons (Fsp3) is 0.421. The van der Waals surface area contributed by atoms with E-state index in [1.54, 1.807) is 56.1 Å². The number of nitrogens with one attached hydrogen (secondary N) is 1. The van der Waals surface area contributed by atoms with E-state index in [9.17, 15) is 18.0 Å². The fourth-order valence-corrected chi connectivity index (χ4v) is 8.97. The molecule has 4 aromatic rings. The number of aromatic nitrogens is 1. The van der Waals surface area contributed by atoms with E-state index in [2.05, 4.69) is 16.8 Å². The molecule has 270 valence electrons. The summed E-state index contributed by atoms with van der Waals surface area (Å²) in [4.78, 5) is 36.8. The van der Waals surface area contributed by atoms with Crippen LogP contribution in [0.3, 0.4) is 0 Å². The number of carbonyl (C=O) groups excluding carboxylic acids is 2. The molecule has 1 aliphatic carbocycles. The predicted octanol–water partition coefficient (Wildman–Crippen LogP) is 7.74. The van der Waals surface area contributed by atoms with Crippen LogP contribution in [0.4, 0.5) is 5.82 Å². The normalized spacial score (nSPS) is 15.4. The number of hydrogen-bond donors (Lipinski definition) is 1. The van der Waals surface area contributed by atoms with Crippen molar-refractivity contribution in [2.45, 2.75) is 96.2 Å². The van der Waals surface area contributed by atoms with E-state index in [1.165, 1.54) is 11.3 Å². The molecule has 2 aromatic carbocycles. The number of anilines is 1. The number of carbonyl (C=O) groups is 2. The van der Waals surface area contributed by atoms with Crippen molar-refractivity contribution in [2.24, 2.45) is 4.99 Å². The first-order chi connectivity index (χ1) is 24.5. The fourth-order valence-electron chi connectivity index (χ4n) is 6.86. The van der Waals surface area contributed by atoms with Crippen LogP contribution in [0.5, 0.6) is 5.75 Å². The molecule has 51 heavy (non-hydrogen) atoms. The van der Waals surface area contributed by atoms with Crippen molar-refractivity contribution >= 4 is 44.8 Å². The highest BCUT2D eigenvalue weighted by Crippen LogP contribution is 2.41. The average molecular weight is 732 g/mol. The van der Waals surface area contributed by atoms with Gasteiger partial charge in [-0.3, -0.25) is 24.2 Å². The van der Waals surface area contributed by atoms with Crippen molar-refractivity contribution < 1.29 is 27.3 Å². The van der Waals surface area contributed by atoms with Crippen LogP contribution in [0.15, 0.2) is 68.3 Å². The highest BCUT2D eigenvalue weighted by molar-refractivity contribution is 7.92. The van der Waals surface area contributed by atoms with Gasteiger partial charge in [0.2, 0.25) is 0 Å². The molecule has 2 amide bonds. The van der Waals surface area contributed by atoms with E-state index in [1.807, 2.05) is 35.4 Å². The molecule has 0 atom stereocenters. The van der Waals surface area contributed by atoms with Gasteiger partial charge in [-0.25, -0.2) is 8.42 Å². The summed E-state index contributed by atoms with van der Waals surface area (Å²) in [7, 11) is -2.39. The summed E-state index contributed by atoms with van der Waals surface area (Å²) in [5.41, 5.74) is 2.63. The molecule has 1 fully saturated rings. The maximum Gasteiger partial charge on any atom is 0.267 e. The van der Waals surface area contributed by atoms with E-state index in [4.69, 9.17) is 14.3 Å². The number of nitrogens with zero attached hydrogens (tertiary/aromatic N) is 4. The Bertz CT molecular complexity index is 2060. The van der Waals surface area contributed by atoms with Crippen LogP contribution in [-0.4, -0.2) is 60.2 Å². The number of aliphatic imine (C=N–C) groups is 1. The molecule has 13 heteroatoms. The minimum Gasteiger partial charge on any atom is -0.492 e. The summed E-state index contributed by atoms with van der Waals surface area (Å²) in [6, 6.07) is 14.3. The summed E-state index contributed by atoms with van der Waals surface area (Å²) in [5.74, 6) is 1.86. The second kappa shape index (κ2) is 15.0. The number of ether oxygens (including phenoxy) is 1. The maximum absolute atomic E-state index is 14.0. The van der Waals surface area contributed by atoms with Crippen LogP contribution in [0.25, 0.3) is 11.1 Å². The van der Waals surface area contributed by atoms with Crippen molar-refractivity contribution in [3.63, 3.8) is 0 Å². The van der Waals surface area contributed by atoms with E-state index in [-0.39, 0.29) is 29.1 Å². The number of amides is 2. The van der Waals surface area contributed by atoms with Gasteiger partial charge in [0, 0.05) is 31.1 Å². The second-order valence-electron chi connectivity index (χ2n) is 13.3. The molecule has 0 radical (unpaired) electrons. The maximum atomic E-state index is 14.0. The number of hydrogen-bond acceptors (Lipinski definition) is 9. The van der Waals surface area contributed by atoms with Gasteiger partial charge in [0.05, 0.1) is 18.0 Å². The summed E-state index contributed by atoms with van der Waals surface area (Å²) in [6.45, 7) is 8.39. The SMILES string of the molecule is CCCCC1=NC2(CCCC2)C(=O)N1Cc1ccc(-c2ccccc2S(=O)(=O)Nc2noc(C)c2C)c(CN(C)C(=O)c2sccc2OCC)c1. The van der Waals surface area contributed by atoms with E-state index >= 15 is 0 Å². The largest absolute Gasteiger partial charge is 0.492 e. The van der Waals surface area contributed by atoms with E-state index < -0.39 is 15.6 Å². The number of thiophene rings is 1. The Morgan fingerprint density at radius 3 is 2.57 bits per heavy atom. The smallest absolute Gasteiger partial charge is 0.267 e. The molecule has 0 saturated heterocycles. The lowest BCUT2D eigenvalue weighted by Crippen LogP contribution is -2.40. The quantitative estimate of drug-likeness (QED) is 0.140. The Labute approximate surface area is 303 Å². The molecule has 2 aliphatic rings. The molecule has 0 bridgehead atoms. The molecule has 6 rings (SSSR count). The number of benzene rings is 2. The summed E-state index contributed by atoms with van der Waals surface area (Å²) in [6.07, 6.45) is 6.20. The van der Waals surface area contributed by atoms with Gasteiger partial charge in [0.1, 0.15) is 27.8 Å². The standard InChI is InChI=1S/C38H45N5O6S2/c1-6-8-15-33-39-38(19-11-12-20-38)37(45)43(33)23-27-16-17-29(28(22-27)24-42(5)36(44)34-31(48-7-2)18-21-50-34)30-13-9-10-14-32(30)51(46,47)41-35-25(3)26(4)49-40-35/h9-10,13-14,16-18,21-22H,6-8,11-12,15,19-20,23-24H2,1-5H3,(H,40,41). The van der Waals surface area contributed by atoms with E-state index in [0.717, 1.165) is 61.9 Å². The molecule has 1 saturated carbocycles. The first-order valence-corrected chi connectivity index (χ1v) is 19.9. The van der Waals surface area contributed by atoms with Crippen LogP contribution >= 0.6 is 11.3 Å². The molecule has 3 heterocycles. The third-order valence-electron chi connectivity index (χ3n) is 9.73. The number of unbranched alkanes of at least 4 members (excludes halogenated alkanes) is 1. The van der Waals surface area contributed by atoms with Gasteiger partial charge in [-0.1, -0.05) is 67.7 Å². The Hall–Kier alpha value is -4.49. The minimum absolute atomic E-state index is 0.0526. The zero-order valence-corrected chi connectivity index (χ0v) is 31.5. The number of amidine groups is 1. The Kier molecular flexibility index (Phi) is 10.7. The molecular weight excluding hydrogens is 687 g/mol.